The number of hydrogen-bond acceptors (Lipinski definition) is 3. The number of nitrogens with zero attached hydrogens (tertiary/aromatic N) is 1. The van der Waals surface area contributed by atoms with E-state index in [1.54, 1.807) is 13.0 Å². The van der Waals surface area contributed by atoms with Crippen LogP contribution in [0.1, 0.15) is 44.7 Å². The average molecular weight is 357 g/mol. The molecule has 1 heterocycles. The molecule has 0 atom stereocenters. The highest BCUT2D eigenvalue weighted by atomic mass is 19.1. The van der Waals surface area contributed by atoms with Crippen molar-refractivity contribution in [2.24, 2.45) is 0 Å². The van der Waals surface area contributed by atoms with Gasteiger partial charge in [-0.05, 0) is 49.1 Å². The number of aromatic nitrogens is 1. The van der Waals surface area contributed by atoms with Gasteiger partial charge in [-0.15, -0.1) is 0 Å². The molecule has 3 rings (SSSR count). The number of benzene rings is 1. The molecular formula is C19H20FN3O3. The van der Waals surface area contributed by atoms with Gasteiger partial charge >= 0.3 is 0 Å². The summed E-state index contributed by atoms with van der Waals surface area (Å²) < 4.78 is 14.9. The molecule has 2 aromatic rings. The minimum atomic E-state index is -0.569. The van der Waals surface area contributed by atoms with Gasteiger partial charge in [-0.3, -0.25) is 14.4 Å². The van der Waals surface area contributed by atoms with Gasteiger partial charge in [0.25, 0.3) is 17.4 Å². The lowest BCUT2D eigenvalue weighted by molar-refractivity contribution is 0.0950. The van der Waals surface area contributed by atoms with Crippen molar-refractivity contribution in [2.75, 3.05) is 7.05 Å². The van der Waals surface area contributed by atoms with E-state index >= 15 is 0 Å². The van der Waals surface area contributed by atoms with Crippen molar-refractivity contribution in [3.63, 3.8) is 0 Å². The molecule has 26 heavy (non-hydrogen) atoms. The maximum absolute atomic E-state index is 13.6. The van der Waals surface area contributed by atoms with Gasteiger partial charge in [-0.25, -0.2) is 4.39 Å². The molecule has 1 aromatic carbocycles. The van der Waals surface area contributed by atoms with E-state index in [9.17, 15) is 18.8 Å². The predicted molar refractivity (Wildman–Crippen MR) is 94.8 cm³/mol. The number of hydrogen-bond donors (Lipinski definition) is 2. The van der Waals surface area contributed by atoms with E-state index in [0.29, 0.717) is 5.56 Å². The third kappa shape index (κ3) is 3.99. The average Bonchev–Trinajstić information content (AvgIpc) is 3.39. The molecule has 1 aromatic heterocycles. The number of pyridine rings is 1. The van der Waals surface area contributed by atoms with Crippen LogP contribution in [0, 0.1) is 12.7 Å². The molecule has 1 aliphatic carbocycles. The molecule has 2 amide bonds. The monoisotopic (exact) mass is 357 g/mol. The Morgan fingerprint density at radius 3 is 2.54 bits per heavy atom. The van der Waals surface area contributed by atoms with E-state index in [0.717, 1.165) is 18.4 Å². The van der Waals surface area contributed by atoms with E-state index in [1.807, 2.05) is 0 Å². The van der Waals surface area contributed by atoms with Crippen molar-refractivity contribution < 1.29 is 14.0 Å². The third-order valence-corrected chi connectivity index (χ3v) is 4.19. The number of nitrogens with one attached hydrogen (secondary N) is 2. The van der Waals surface area contributed by atoms with Crippen LogP contribution in [-0.2, 0) is 6.54 Å². The summed E-state index contributed by atoms with van der Waals surface area (Å²) in [5.74, 6) is -1.30. The molecule has 1 fully saturated rings. The molecule has 0 radical (unpaired) electrons. The Labute approximate surface area is 150 Å². The maximum atomic E-state index is 13.6. The van der Waals surface area contributed by atoms with Gasteiger partial charge in [-0.2, -0.15) is 0 Å². The first-order valence-electron chi connectivity index (χ1n) is 8.41. The molecule has 0 spiro atoms. The van der Waals surface area contributed by atoms with Crippen molar-refractivity contribution in [2.45, 2.75) is 32.4 Å². The lowest BCUT2D eigenvalue weighted by Gasteiger charge is -2.12. The first-order valence-corrected chi connectivity index (χ1v) is 8.41. The van der Waals surface area contributed by atoms with Gasteiger partial charge in [0.1, 0.15) is 11.4 Å². The SMILES string of the molecule is CNC(=O)c1cc(C(=O)NC2CC2)cn(Cc2cc(C)cc(F)c2)c1=O. The summed E-state index contributed by atoms with van der Waals surface area (Å²) in [4.78, 5) is 37.0. The Hall–Kier alpha value is -2.96. The molecule has 7 heteroatoms. The van der Waals surface area contributed by atoms with E-state index in [1.165, 1.54) is 36.0 Å². The van der Waals surface area contributed by atoms with Crippen molar-refractivity contribution >= 4 is 11.8 Å². The maximum Gasteiger partial charge on any atom is 0.263 e. The number of aryl methyl sites for hydroxylation is 1. The smallest absolute Gasteiger partial charge is 0.263 e. The molecule has 0 bridgehead atoms. The molecule has 0 unspecified atom stereocenters. The normalized spacial score (nSPS) is 13.3. The number of carbonyl (C=O) groups excluding carboxylic acids is 2. The van der Waals surface area contributed by atoms with E-state index in [2.05, 4.69) is 10.6 Å². The first-order chi connectivity index (χ1) is 12.4. The quantitative estimate of drug-likeness (QED) is 0.853. The van der Waals surface area contributed by atoms with E-state index < -0.39 is 17.3 Å². The van der Waals surface area contributed by atoms with Crippen molar-refractivity contribution in [1.29, 1.82) is 0 Å². The Morgan fingerprint density at radius 2 is 1.92 bits per heavy atom. The van der Waals surface area contributed by atoms with Crippen LogP contribution >= 0.6 is 0 Å². The molecule has 1 saturated carbocycles. The fraction of sp³-hybridized carbons (Fsp3) is 0.316. The fourth-order valence-corrected chi connectivity index (χ4v) is 2.77. The van der Waals surface area contributed by atoms with Gasteiger partial charge < -0.3 is 15.2 Å². The van der Waals surface area contributed by atoms with Gasteiger partial charge in [0.2, 0.25) is 0 Å². The second-order valence-corrected chi connectivity index (χ2v) is 6.54. The number of amides is 2. The molecule has 0 aliphatic heterocycles. The molecule has 6 nitrogen and oxygen atoms in total. The second-order valence-electron chi connectivity index (χ2n) is 6.54. The Bertz CT molecular complexity index is 912. The van der Waals surface area contributed by atoms with Crippen molar-refractivity contribution in [3.05, 3.63) is 68.9 Å². The molecule has 1 aliphatic rings. The summed E-state index contributed by atoms with van der Waals surface area (Å²) in [7, 11) is 1.42. The van der Waals surface area contributed by atoms with Crippen LogP contribution in [-0.4, -0.2) is 29.5 Å². The summed E-state index contributed by atoms with van der Waals surface area (Å²) in [5.41, 5.74) is 0.871. The van der Waals surface area contributed by atoms with Crippen LogP contribution in [0.3, 0.4) is 0 Å². The summed E-state index contributed by atoms with van der Waals surface area (Å²) in [6.07, 6.45) is 3.26. The Kier molecular flexibility index (Phi) is 4.88. The second kappa shape index (κ2) is 7.11. The largest absolute Gasteiger partial charge is 0.355 e. The predicted octanol–water partition coefficient (Wildman–Crippen LogP) is 1.60. The van der Waals surface area contributed by atoms with Gasteiger partial charge in [-0.1, -0.05) is 6.07 Å². The molecular weight excluding hydrogens is 337 g/mol. The minimum Gasteiger partial charge on any atom is -0.355 e. The lowest BCUT2D eigenvalue weighted by atomic mass is 10.1. The highest BCUT2D eigenvalue weighted by molar-refractivity contribution is 5.99. The van der Waals surface area contributed by atoms with Crippen LogP contribution in [0.15, 0.2) is 35.3 Å². The zero-order valence-electron chi connectivity index (χ0n) is 14.6. The fourth-order valence-electron chi connectivity index (χ4n) is 2.77. The third-order valence-electron chi connectivity index (χ3n) is 4.19. The zero-order chi connectivity index (χ0) is 18.8. The van der Waals surface area contributed by atoms with Crippen molar-refractivity contribution in [1.82, 2.24) is 15.2 Å². The first kappa shape index (κ1) is 17.8. The number of rotatable bonds is 5. The molecule has 136 valence electrons. The summed E-state index contributed by atoms with van der Waals surface area (Å²) in [6, 6.07) is 5.92. The highest BCUT2D eigenvalue weighted by Gasteiger charge is 2.25. The summed E-state index contributed by atoms with van der Waals surface area (Å²) in [5, 5.41) is 5.24. The zero-order valence-corrected chi connectivity index (χ0v) is 14.6. The van der Waals surface area contributed by atoms with Gasteiger partial charge in [0.05, 0.1) is 12.1 Å². The topological polar surface area (TPSA) is 80.2 Å². The lowest BCUT2D eigenvalue weighted by Crippen LogP contribution is -2.34. The molecule has 2 N–H and O–H groups in total. The summed E-state index contributed by atoms with van der Waals surface area (Å²) in [6.45, 7) is 1.82. The van der Waals surface area contributed by atoms with Crippen LogP contribution < -0.4 is 16.2 Å². The highest BCUT2D eigenvalue weighted by Crippen LogP contribution is 2.19. The summed E-state index contributed by atoms with van der Waals surface area (Å²) >= 11 is 0. The van der Waals surface area contributed by atoms with Crippen LogP contribution in [0.25, 0.3) is 0 Å². The Morgan fingerprint density at radius 1 is 1.19 bits per heavy atom. The van der Waals surface area contributed by atoms with Crippen molar-refractivity contribution in [3.8, 4) is 0 Å². The van der Waals surface area contributed by atoms with Gasteiger partial charge in [0.15, 0.2) is 0 Å². The van der Waals surface area contributed by atoms with Gasteiger partial charge in [0, 0.05) is 19.3 Å². The number of carbonyl (C=O) groups is 2. The molecule has 0 saturated heterocycles. The number of halogens is 1. The van der Waals surface area contributed by atoms with E-state index in [4.69, 9.17) is 0 Å². The standard InChI is InChI=1S/C19H20FN3O3/c1-11-5-12(7-14(20)6-11)9-23-10-13(17(24)22-15-3-4-15)8-16(19(23)26)18(25)21-2/h5-8,10,15H,3-4,9H2,1-2H3,(H,21,25)(H,22,24). The Balaban J connectivity index is 2.02. The van der Waals surface area contributed by atoms with Crippen LogP contribution in [0.2, 0.25) is 0 Å². The van der Waals surface area contributed by atoms with Crippen LogP contribution in [0.4, 0.5) is 4.39 Å². The minimum absolute atomic E-state index is 0.0615. The van der Waals surface area contributed by atoms with E-state index in [-0.39, 0.29) is 29.6 Å². The van der Waals surface area contributed by atoms with Crippen LogP contribution in [0.5, 0.6) is 0 Å².